The van der Waals surface area contributed by atoms with Crippen molar-refractivity contribution in [2.75, 3.05) is 6.61 Å². The molecule has 3 atom stereocenters. The second-order valence-corrected chi connectivity index (χ2v) is 3.90. The van der Waals surface area contributed by atoms with Crippen molar-refractivity contribution in [1.82, 2.24) is 0 Å². The van der Waals surface area contributed by atoms with Crippen LogP contribution in [-0.4, -0.2) is 34.5 Å². The SMILES string of the molecule is CCC(C)C(C)(O)C(=O)OCC(C)O. The quantitative estimate of drug-likeness (QED) is 0.647. The zero-order chi connectivity index (χ0) is 11.4. The first kappa shape index (κ1) is 13.4. The minimum absolute atomic E-state index is 0.0780. The highest BCUT2D eigenvalue weighted by molar-refractivity contribution is 5.79. The van der Waals surface area contributed by atoms with Crippen LogP contribution in [0.1, 0.15) is 34.1 Å². The summed E-state index contributed by atoms with van der Waals surface area (Å²) >= 11 is 0. The van der Waals surface area contributed by atoms with E-state index in [0.717, 1.165) is 0 Å². The second-order valence-electron chi connectivity index (χ2n) is 3.90. The van der Waals surface area contributed by atoms with E-state index in [1.54, 1.807) is 6.92 Å². The van der Waals surface area contributed by atoms with Crippen molar-refractivity contribution in [2.24, 2.45) is 5.92 Å². The molecule has 14 heavy (non-hydrogen) atoms. The monoisotopic (exact) mass is 204 g/mol. The Labute approximate surface area is 84.9 Å². The smallest absolute Gasteiger partial charge is 0.338 e. The van der Waals surface area contributed by atoms with Gasteiger partial charge in [-0.15, -0.1) is 0 Å². The van der Waals surface area contributed by atoms with Gasteiger partial charge in [0.15, 0.2) is 5.60 Å². The average molecular weight is 204 g/mol. The summed E-state index contributed by atoms with van der Waals surface area (Å²) in [7, 11) is 0. The van der Waals surface area contributed by atoms with Crippen molar-refractivity contribution in [1.29, 1.82) is 0 Å². The van der Waals surface area contributed by atoms with Crippen LogP contribution in [0.25, 0.3) is 0 Å². The molecule has 0 aromatic rings. The van der Waals surface area contributed by atoms with Gasteiger partial charge in [0.25, 0.3) is 0 Å². The molecule has 0 spiro atoms. The third-order valence-electron chi connectivity index (χ3n) is 2.44. The van der Waals surface area contributed by atoms with E-state index in [9.17, 15) is 9.90 Å². The fraction of sp³-hybridized carbons (Fsp3) is 0.900. The molecule has 0 aliphatic carbocycles. The predicted octanol–water partition coefficient (Wildman–Crippen LogP) is 0.707. The third kappa shape index (κ3) is 3.64. The van der Waals surface area contributed by atoms with Gasteiger partial charge in [-0.3, -0.25) is 0 Å². The lowest BCUT2D eigenvalue weighted by atomic mass is 9.89. The van der Waals surface area contributed by atoms with Crippen LogP contribution in [0.5, 0.6) is 0 Å². The Morgan fingerprint density at radius 2 is 2.00 bits per heavy atom. The predicted molar refractivity (Wildman–Crippen MR) is 52.7 cm³/mol. The largest absolute Gasteiger partial charge is 0.461 e. The van der Waals surface area contributed by atoms with E-state index in [4.69, 9.17) is 9.84 Å². The van der Waals surface area contributed by atoms with Crippen LogP contribution in [0.2, 0.25) is 0 Å². The number of carbonyl (C=O) groups excluding carboxylic acids is 1. The van der Waals surface area contributed by atoms with E-state index in [2.05, 4.69) is 0 Å². The van der Waals surface area contributed by atoms with Crippen molar-refractivity contribution in [3.8, 4) is 0 Å². The van der Waals surface area contributed by atoms with Gasteiger partial charge in [0, 0.05) is 0 Å². The molecule has 0 rings (SSSR count). The van der Waals surface area contributed by atoms with Crippen LogP contribution >= 0.6 is 0 Å². The number of hydrogen-bond acceptors (Lipinski definition) is 4. The summed E-state index contributed by atoms with van der Waals surface area (Å²) in [5.74, 6) is -0.836. The summed E-state index contributed by atoms with van der Waals surface area (Å²) in [6.45, 7) is 6.55. The van der Waals surface area contributed by atoms with Crippen LogP contribution in [0.4, 0.5) is 0 Å². The Hall–Kier alpha value is -0.610. The number of hydrogen-bond donors (Lipinski definition) is 2. The van der Waals surface area contributed by atoms with Gasteiger partial charge in [0.1, 0.15) is 6.61 Å². The van der Waals surface area contributed by atoms with Crippen LogP contribution in [-0.2, 0) is 9.53 Å². The van der Waals surface area contributed by atoms with E-state index < -0.39 is 17.7 Å². The number of aliphatic hydroxyl groups is 2. The Morgan fingerprint density at radius 1 is 1.50 bits per heavy atom. The first-order chi connectivity index (χ1) is 6.32. The summed E-state index contributed by atoms with van der Waals surface area (Å²) < 4.78 is 4.75. The maximum absolute atomic E-state index is 11.4. The molecule has 2 N–H and O–H groups in total. The molecule has 4 heteroatoms. The molecule has 3 unspecified atom stereocenters. The van der Waals surface area contributed by atoms with Crippen LogP contribution < -0.4 is 0 Å². The third-order valence-corrected chi connectivity index (χ3v) is 2.44. The molecule has 4 nitrogen and oxygen atoms in total. The molecular formula is C10H20O4. The summed E-state index contributed by atoms with van der Waals surface area (Å²) in [6.07, 6.45) is -0.0109. The lowest BCUT2D eigenvalue weighted by Crippen LogP contribution is -2.43. The number of ether oxygens (including phenoxy) is 1. The zero-order valence-electron chi connectivity index (χ0n) is 9.28. The molecular weight excluding hydrogens is 184 g/mol. The van der Waals surface area contributed by atoms with Crippen molar-refractivity contribution in [3.05, 3.63) is 0 Å². The standard InChI is InChI=1S/C10H20O4/c1-5-7(2)10(4,13)9(12)14-6-8(3)11/h7-8,11,13H,5-6H2,1-4H3. The summed E-state index contributed by atoms with van der Waals surface area (Å²) in [5, 5.41) is 18.7. The first-order valence-corrected chi connectivity index (χ1v) is 4.90. The summed E-state index contributed by atoms with van der Waals surface area (Å²) in [6, 6.07) is 0. The van der Waals surface area contributed by atoms with E-state index in [1.807, 2.05) is 6.92 Å². The highest BCUT2D eigenvalue weighted by atomic mass is 16.6. The van der Waals surface area contributed by atoms with Gasteiger partial charge < -0.3 is 14.9 Å². The molecule has 0 aromatic carbocycles. The highest BCUT2D eigenvalue weighted by Crippen LogP contribution is 2.21. The Kier molecular flexibility index (Phi) is 5.08. The molecule has 0 aromatic heterocycles. The van der Waals surface area contributed by atoms with Crippen molar-refractivity contribution in [2.45, 2.75) is 45.8 Å². The van der Waals surface area contributed by atoms with Crippen LogP contribution in [0, 0.1) is 5.92 Å². The molecule has 0 aliphatic rings. The van der Waals surface area contributed by atoms with Gasteiger partial charge >= 0.3 is 5.97 Å². The van der Waals surface area contributed by atoms with Gasteiger partial charge in [-0.25, -0.2) is 4.79 Å². The number of rotatable bonds is 5. The molecule has 0 radical (unpaired) electrons. The molecule has 0 fully saturated rings. The van der Waals surface area contributed by atoms with Gasteiger partial charge in [-0.1, -0.05) is 20.3 Å². The average Bonchev–Trinajstić information content (AvgIpc) is 2.12. The van der Waals surface area contributed by atoms with E-state index in [-0.39, 0.29) is 12.5 Å². The maximum atomic E-state index is 11.4. The molecule has 84 valence electrons. The number of carbonyl (C=O) groups is 1. The Balaban J connectivity index is 4.21. The maximum Gasteiger partial charge on any atom is 0.338 e. The topological polar surface area (TPSA) is 66.8 Å². The fourth-order valence-corrected chi connectivity index (χ4v) is 0.941. The molecule has 0 saturated carbocycles. The van der Waals surface area contributed by atoms with Crippen LogP contribution in [0.3, 0.4) is 0 Å². The number of aliphatic hydroxyl groups excluding tert-OH is 1. The fourth-order valence-electron chi connectivity index (χ4n) is 0.941. The minimum atomic E-state index is -1.47. The molecule has 0 aliphatic heterocycles. The Bertz CT molecular complexity index is 187. The van der Waals surface area contributed by atoms with E-state index >= 15 is 0 Å². The molecule has 0 heterocycles. The lowest BCUT2D eigenvalue weighted by Gasteiger charge is -2.27. The molecule has 0 bridgehead atoms. The summed E-state index contributed by atoms with van der Waals surface area (Å²) in [4.78, 5) is 11.4. The first-order valence-electron chi connectivity index (χ1n) is 4.90. The normalized spacial score (nSPS) is 19.6. The second kappa shape index (κ2) is 5.32. The van der Waals surface area contributed by atoms with Crippen LogP contribution in [0.15, 0.2) is 0 Å². The van der Waals surface area contributed by atoms with E-state index in [1.165, 1.54) is 13.8 Å². The molecule has 0 amide bonds. The van der Waals surface area contributed by atoms with Gasteiger partial charge in [-0.05, 0) is 19.8 Å². The van der Waals surface area contributed by atoms with Gasteiger partial charge in [-0.2, -0.15) is 0 Å². The lowest BCUT2D eigenvalue weighted by molar-refractivity contribution is -0.171. The number of esters is 1. The zero-order valence-corrected chi connectivity index (χ0v) is 9.28. The van der Waals surface area contributed by atoms with Crippen molar-refractivity contribution < 1.29 is 19.7 Å². The van der Waals surface area contributed by atoms with Gasteiger partial charge in [0.05, 0.1) is 6.10 Å². The van der Waals surface area contributed by atoms with Crippen molar-refractivity contribution >= 4 is 5.97 Å². The van der Waals surface area contributed by atoms with Crippen molar-refractivity contribution in [3.63, 3.8) is 0 Å². The highest BCUT2D eigenvalue weighted by Gasteiger charge is 2.37. The molecule has 0 saturated heterocycles. The van der Waals surface area contributed by atoms with Gasteiger partial charge in [0.2, 0.25) is 0 Å². The van der Waals surface area contributed by atoms with E-state index in [0.29, 0.717) is 6.42 Å². The minimum Gasteiger partial charge on any atom is -0.461 e. The summed E-state index contributed by atoms with van der Waals surface area (Å²) in [5.41, 5.74) is -1.47. The Morgan fingerprint density at radius 3 is 2.36 bits per heavy atom.